The molecule has 88 valence electrons. The molecule has 0 saturated carbocycles. The molecule has 3 nitrogen and oxygen atoms in total. The molecule has 0 spiro atoms. The summed E-state index contributed by atoms with van der Waals surface area (Å²) >= 11 is 0. The number of nitrogens with one attached hydrogen (secondary N) is 1. The van der Waals surface area contributed by atoms with Crippen LogP contribution in [-0.4, -0.2) is 12.5 Å². The van der Waals surface area contributed by atoms with Crippen LogP contribution < -0.4 is 11.1 Å². The van der Waals surface area contributed by atoms with Crippen molar-refractivity contribution in [3.8, 4) is 0 Å². The van der Waals surface area contributed by atoms with E-state index in [1.807, 2.05) is 0 Å². The highest BCUT2D eigenvalue weighted by atomic mass is 19.4. The maximum Gasteiger partial charge on any atom is 0.418 e. The Morgan fingerprint density at radius 1 is 1.31 bits per heavy atom. The predicted molar refractivity (Wildman–Crippen MR) is 53.7 cm³/mol. The van der Waals surface area contributed by atoms with E-state index in [0.717, 1.165) is 6.07 Å². The quantitative estimate of drug-likeness (QED) is 0.834. The summed E-state index contributed by atoms with van der Waals surface area (Å²) in [7, 11) is 0. The summed E-state index contributed by atoms with van der Waals surface area (Å²) in [5.74, 6) is -0.558. The Bertz CT molecular complexity index is 377. The van der Waals surface area contributed by atoms with Crippen LogP contribution in [0.25, 0.3) is 0 Å². The SMILES string of the molecule is NC(=O)CCNc1ccccc1C(F)(F)F. The Hall–Kier alpha value is -1.72. The molecular formula is C10H11F3N2O. The van der Waals surface area contributed by atoms with E-state index in [1.54, 1.807) is 0 Å². The minimum atomic E-state index is -4.41. The van der Waals surface area contributed by atoms with E-state index < -0.39 is 17.6 Å². The van der Waals surface area contributed by atoms with Gasteiger partial charge in [-0.15, -0.1) is 0 Å². The lowest BCUT2D eigenvalue weighted by molar-refractivity contribution is -0.137. The topological polar surface area (TPSA) is 55.1 Å². The number of rotatable bonds is 4. The molecule has 16 heavy (non-hydrogen) atoms. The molecule has 0 heterocycles. The Morgan fingerprint density at radius 2 is 1.94 bits per heavy atom. The Labute approximate surface area is 90.4 Å². The summed E-state index contributed by atoms with van der Waals surface area (Å²) in [6.07, 6.45) is -4.41. The summed E-state index contributed by atoms with van der Waals surface area (Å²) in [5, 5.41) is 2.53. The third-order valence-electron chi connectivity index (χ3n) is 1.92. The monoisotopic (exact) mass is 232 g/mol. The normalized spacial score (nSPS) is 11.2. The molecule has 0 radical (unpaired) electrons. The van der Waals surface area contributed by atoms with E-state index in [0.29, 0.717) is 0 Å². The van der Waals surface area contributed by atoms with Crippen LogP contribution in [0.2, 0.25) is 0 Å². The standard InChI is InChI=1S/C10H11F3N2O/c11-10(12,13)7-3-1-2-4-8(7)15-6-5-9(14)16/h1-4,15H,5-6H2,(H2,14,16). The molecule has 6 heteroatoms. The number of halogens is 3. The van der Waals surface area contributed by atoms with Crippen LogP contribution in [0.4, 0.5) is 18.9 Å². The molecule has 0 aromatic heterocycles. The molecule has 0 aliphatic rings. The van der Waals surface area contributed by atoms with Gasteiger partial charge in [0.1, 0.15) is 0 Å². The molecule has 0 fully saturated rings. The maximum absolute atomic E-state index is 12.5. The molecule has 0 aliphatic carbocycles. The second kappa shape index (κ2) is 4.87. The number of anilines is 1. The van der Waals surface area contributed by atoms with Gasteiger partial charge in [-0.3, -0.25) is 4.79 Å². The average Bonchev–Trinajstić information content (AvgIpc) is 2.16. The van der Waals surface area contributed by atoms with Crippen molar-refractivity contribution in [3.63, 3.8) is 0 Å². The first-order valence-electron chi connectivity index (χ1n) is 4.59. The van der Waals surface area contributed by atoms with Crippen molar-refractivity contribution in [2.24, 2.45) is 5.73 Å². The van der Waals surface area contributed by atoms with Crippen LogP contribution in [-0.2, 0) is 11.0 Å². The second-order valence-electron chi connectivity index (χ2n) is 3.19. The summed E-state index contributed by atoms with van der Waals surface area (Å²) in [5.41, 5.74) is 4.08. The highest BCUT2D eigenvalue weighted by Crippen LogP contribution is 2.34. The number of amides is 1. The number of benzene rings is 1. The summed E-state index contributed by atoms with van der Waals surface area (Å²) in [4.78, 5) is 10.4. The van der Waals surface area contributed by atoms with Gasteiger partial charge in [0.05, 0.1) is 5.56 Å². The zero-order chi connectivity index (χ0) is 12.2. The highest BCUT2D eigenvalue weighted by Gasteiger charge is 2.32. The van der Waals surface area contributed by atoms with Crippen molar-refractivity contribution in [1.82, 2.24) is 0 Å². The third-order valence-corrected chi connectivity index (χ3v) is 1.92. The van der Waals surface area contributed by atoms with Crippen LogP contribution in [0, 0.1) is 0 Å². The molecule has 3 N–H and O–H groups in total. The van der Waals surface area contributed by atoms with Crippen LogP contribution in [0.1, 0.15) is 12.0 Å². The van der Waals surface area contributed by atoms with Gasteiger partial charge in [-0.05, 0) is 12.1 Å². The molecule has 0 atom stereocenters. The lowest BCUT2D eigenvalue weighted by Gasteiger charge is -2.13. The number of hydrogen-bond acceptors (Lipinski definition) is 2. The van der Waals surface area contributed by atoms with E-state index in [2.05, 4.69) is 5.32 Å². The van der Waals surface area contributed by atoms with E-state index in [4.69, 9.17) is 5.73 Å². The molecule has 0 saturated heterocycles. The molecule has 0 bridgehead atoms. The molecule has 0 aliphatic heterocycles. The first-order valence-corrected chi connectivity index (χ1v) is 4.59. The van der Waals surface area contributed by atoms with Gasteiger partial charge in [0.2, 0.25) is 5.91 Å². The molecule has 1 aromatic rings. The lowest BCUT2D eigenvalue weighted by Crippen LogP contribution is -2.17. The van der Waals surface area contributed by atoms with Crippen LogP contribution >= 0.6 is 0 Å². The Morgan fingerprint density at radius 3 is 2.50 bits per heavy atom. The highest BCUT2D eigenvalue weighted by molar-refractivity contribution is 5.74. The van der Waals surface area contributed by atoms with Gasteiger partial charge in [-0.25, -0.2) is 0 Å². The van der Waals surface area contributed by atoms with E-state index in [-0.39, 0.29) is 18.7 Å². The van der Waals surface area contributed by atoms with Crippen molar-refractivity contribution in [2.75, 3.05) is 11.9 Å². The van der Waals surface area contributed by atoms with Gasteiger partial charge in [-0.1, -0.05) is 12.1 Å². The Balaban J connectivity index is 2.76. The fourth-order valence-corrected chi connectivity index (χ4v) is 1.20. The number of alkyl halides is 3. The number of carbonyl (C=O) groups is 1. The van der Waals surface area contributed by atoms with Crippen molar-refractivity contribution in [2.45, 2.75) is 12.6 Å². The summed E-state index contributed by atoms with van der Waals surface area (Å²) < 4.78 is 37.5. The van der Waals surface area contributed by atoms with Gasteiger partial charge in [0.15, 0.2) is 0 Å². The number of primary amides is 1. The summed E-state index contributed by atoms with van der Waals surface area (Å²) in [6, 6.07) is 5.08. The first-order chi connectivity index (χ1) is 7.41. The zero-order valence-corrected chi connectivity index (χ0v) is 8.34. The van der Waals surface area contributed by atoms with Gasteiger partial charge in [0, 0.05) is 18.7 Å². The molecule has 1 aromatic carbocycles. The van der Waals surface area contributed by atoms with E-state index >= 15 is 0 Å². The zero-order valence-electron chi connectivity index (χ0n) is 8.34. The minimum absolute atomic E-state index is 0.00775. The van der Waals surface area contributed by atoms with Gasteiger partial charge in [0.25, 0.3) is 0 Å². The van der Waals surface area contributed by atoms with Crippen LogP contribution in [0.15, 0.2) is 24.3 Å². The second-order valence-corrected chi connectivity index (χ2v) is 3.19. The fraction of sp³-hybridized carbons (Fsp3) is 0.300. The largest absolute Gasteiger partial charge is 0.418 e. The number of carbonyl (C=O) groups excluding carboxylic acids is 1. The lowest BCUT2D eigenvalue weighted by atomic mass is 10.1. The van der Waals surface area contributed by atoms with Crippen molar-refractivity contribution in [3.05, 3.63) is 29.8 Å². The van der Waals surface area contributed by atoms with E-state index in [9.17, 15) is 18.0 Å². The van der Waals surface area contributed by atoms with E-state index in [1.165, 1.54) is 18.2 Å². The molecular weight excluding hydrogens is 221 g/mol. The average molecular weight is 232 g/mol. The van der Waals surface area contributed by atoms with Gasteiger partial charge >= 0.3 is 6.18 Å². The predicted octanol–water partition coefficient (Wildman–Crippen LogP) is 1.99. The third kappa shape index (κ3) is 3.45. The molecule has 1 rings (SSSR count). The van der Waals surface area contributed by atoms with Gasteiger partial charge < -0.3 is 11.1 Å². The van der Waals surface area contributed by atoms with Crippen LogP contribution in [0.5, 0.6) is 0 Å². The van der Waals surface area contributed by atoms with Crippen molar-refractivity contribution < 1.29 is 18.0 Å². The van der Waals surface area contributed by atoms with Crippen molar-refractivity contribution in [1.29, 1.82) is 0 Å². The number of hydrogen-bond donors (Lipinski definition) is 2. The Kier molecular flexibility index (Phi) is 3.76. The number of para-hydroxylation sites is 1. The smallest absolute Gasteiger partial charge is 0.384 e. The molecule has 0 unspecified atom stereocenters. The van der Waals surface area contributed by atoms with Gasteiger partial charge in [-0.2, -0.15) is 13.2 Å². The first kappa shape index (κ1) is 12.4. The summed E-state index contributed by atoms with van der Waals surface area (Å²) in [6.45, 7) is 0.0857. The minimum Gasteiger partial charge on any atom is -0.384 e. The maximum atomic E-state index is 12.5. The fourth-order valence-electron chi connectivity index (χ4n) is 1.20. The molecule has 1 amide bonds. The number of nitrogens with two attached hydrogens (primary N) is 1. The van der Waals surface area contributed by atoms with Crippen LogP contribution in [0.3, 0.4) is 0 Å². The van der Waals surface area contributed by atoms with Crippen molar-refractivity contribution >= 4 is 11.6 Å².